The number of aryl methyl sites for hydroxylation is 1. The molecule has 2 heterocycles. The average Bonchev–Trinajstić information content (AvgIpc) is 3.62. The summed E-state index contributed by atoms with van der Waals surface area (Å²) in [6.07, 6.45) is 5.82. The van der Waals surface area contributed by atoms with Crippen molar-refractivity contribution >= 4 is 34.2 Å². The molecule has 1 saturated heterocycles. The highest BCUT2D eigenvalue weighted by atomic mass is 32.1. The van der Waals surface area contributed by atoms with Crippen molar-refractivity contribution in [2.24, 2.45) is 0 Å². The first-order chi connectivity index (χ1) is 17.0. The van der Waals surface area contributed by atoms with Crippen molar-refractivity contribution in [3.05, 3.63) is 47.0 Å². The molecule has 8 nitrogen and oxygen atoms in total. The van der Waals surface area contributed by atoms with E-state index in [2.05, 4.69) is 15.6 Å². The van der Waals surface area contributed by atoms with Crippen LogP contribution in [0.25, 0.3) is 0 Å². The molecule has 0 bridgehead atoms. The van der Waals surface area contributed by atoms with Crippen LogP contribution in [0.3, 0.4) is 0 Å². The lowest BCUT2D eigenvalue weighted by Gasteiger charge is -2.34. The highest BCUT2D eigenvalue weighted by Gasteiger charge is 2.35. The van der Waals surface area contributed by atoms with E-state index in [1.807, 2.05) is 42.6 Å². The van der Waals surface area contributed by atoms with Gasteiger partial charge in [0.1, 0.15) is 6.04 Å². The number of amides is 3. The zero-order chi connectivity index (χ0) is 24.6. The zero-order valence-corrected chi connectivity index (χ0v) is 21.0. The van der Waals surface area contributed by atoms with Crippen molar-refractivity contribution in [1.29, 1.82) is 0 Å². The Bertz CT molecular complexity index is 1000. The van der Waals surface area contributed by atoms with Gasteiger partial charge in [0, 0.05) is 37.4 Å². The van der Waals surface area contributed by atoms with Crippen molar-refractivity contribution in [2.45, 2.75) is 76.5 Å². The molecule has 9 heteroatoms. The van der Waals surface area contributed by atoms with E-state index in [-0.39, 0.29) is 42.7 Å². The smallest absolute Gasteiger partial charge is 0.247 e. The van der Waals surface area contributed by atoms with E-state index in [1.54, 1.807) is 4.90 Å². The number of anilines is 1. The fraction of sp³-hybridized carbons (Fsp3) is 0.538. The van der Waals surface area contributed by atoms with Crippen LogP contribution in [0.2, 0.25) is 0 Å². The van der Waals surface area contributed by atoms with Gasteiger partial charge in [-0.15, -0.1) is 11.3 Å². The van der Waals surface area contributed by atoms with Crippen LogP contribution in [-0.2, 0) is 19.1 Å². The molecule has 1 saturated carbocycles. The van der Waals surface area contributed by atoms with E-state index >= 15 is 0 Å². The van der Waals surface area contributed by atoms with E-state index in [0.29, 0.717) is 18.3 Å². The summed E-state index contributed by atoms with van der Waals surface area (Å²) < 4.78 is 5.83. The average molecular weight is 499 g/mol. The topological polar surface area (TPSA) is 101 Å². The third kappa shape index (κ3) is 7.11. The molecule has 1 aromatic heterocycles. The second-order valence-corrected chi connectivity index (χ2v) is 10.2. The second-order valence-electron chi connectivity index (χ2n) is 9.33. The predicted octanol–water partition coefficient (Wildman–Crippen LogP) is 3.98. The van der Waals surface area contributed by atoms with E-state index < -0.39 is 6.04 Å². The maximum Gasteiger partial charge on any atom is 0.247 e. The SMILES string of the molecule is Cc1csc(NC(=O)CCC(=O)N(C[C@@H]2CCCO2)[C@@H](C(=O)NC2CCCC2)c2ccccc2)n1. The molecule has 2 fully saturated rings. The van der Waals surface area contributed by atoms with Gasteiger partial charge in [-0.25, -0.2) is 4.98 Å². The molecular weight excluding hydrogens is 464 g/mol. The second kappa shape index (κ2) is 12.3. The summed E-state index contributed by atoms with van der Waals surface area (Å²) in [7, 11) is 0. The Labute approximate surface area is 210 Å². The molecule has 2 aromatic rings. The Hall–Kier alpha value is -2.78. The number of carbonyl (C=O) groups excluding carboxylic acids is 3. The Kier molecular flexibility index (Phi) is 8.87. The van der Waals surface area contributed by atoms with Crippen LogP contribution in [0.15, 0.2) is 35.7 Å². The minimum absolute atomic E-state index is 0.00293. The first kappa shape index (κ1) is 25.3. The number of hydrogen-bond acceptors (Lipinski definition) is 6. The third-order valence-corrected chi connectivity index (χ3v) is 7.43. The molecule has 2 aliphatic rings. The van der Waals surface area contributed by atoms with Gasteiger partial charge < -0.3 is 20.3 Å². The Morgan fingerprint density at radius 1 is 1.11 bits per heavy atom. The van der Waals surface area contributed by atoms with Crippen molar-refractivity contribution in [3.8, 4) is 0 Å². The number of ether oxygens (including phenoxy) is 1. The Morgan fingerprint density at radius 3 is 2.54 bits per heavy atom. The van der Waals surface area contributed by atoms with Crippen LogP contribution in [0.5, 0.6) is 0 Å². The van der Waals surface area contributed by atoms with Crippen LogP contribution < -0.4 is 10.6 Å². The zero-order valence-electron chi connectivity index (χ0n) is 20.2. The summed E-state index contributed by atoms with van der Waals surface area (Å²) in [6, 6.07) is 8.79. The number of aromatic nitrogens is 1. The van der Waals surface area contributed by atoms with Crippen molar-refractivity contribution in [3.63, 3.8) is 0 Å². The Morgan fingerprint density at radius 2 is 1.89 bits per heavy atom. The van der Waals surface area contributed by atoms with Gasteiger partial charge in [-0.2, -0.15) is 0 Å². The van der Waals surface area contributed by atoms with Gasteiger partial charge in [-0.3, -0.25) is 14.4 Å². The molecule has 1 aliphatic carbocycles. The number of nitrogens with zero attached hydrogens (tertiary/aromatic N) is 2. The number of benzene rings is 1. The molecule has 35 heavy (non-hydrogen) atoms. The van der Waals surface area contributed by atoms with E-state index in [9.17, 15) is 14.4 Å². The standard InChI is InChI=1S/C26H34N4O4S/c1-18-17-35-26(27-18)29-22(31)13-14-23(32)30(16-21-12-7-15-34-21)24(19-8-3-2-4-9-19)25(33)28-20-10-5-6-11-20/h2-4,8-9,17,20-21,24H,5-7,10-16H2,1H3,(H,28,33)(H,27,29,31)/t21-,24+/m0/s1. The third-order valence-electron chi connectivity index (χ3n) is 6.55. The molecule has 1 aromatic carbocycles. The van der Waals surface area contributed by atoms with Crippen molar-refractivity contribution in [1.82, 2.24) is 15.2 Å². The monoisotopic (exact) mass is 498 g/mol. The van der Waals surface area contributed by atoms with Crippen LogP contribution in [-0.4, -0.2) is 52.9 Å². The van der Waals surface area contributed by atoms with Crippen molar-refractivity contribution < 1.29 is 19.1 Å². The quantitative estimate of drug-likeness (QED) is 0.516. The van der Waals surface area contributed by atoms with Gasteiger partial charge in [-0.05, 0) is 38.2 Å². The maximum absolute atomic E-state index is 13.6. The first-order valence-corrected chi connectivity index (χ1v) is 13.4. The molecule has 3 amide bonds. The predicted molar refractivity (Wildman–Crippen MR) is 135 cm³/mol. The highest BCUT2D eigenvalue weighted by Crippen LogP contribution is 2.27. The summed E-state index contributed by atoms with van der Waals surface area (Å²) in [5.41, 5.74) is 1.60. The molecular formula is C26H34N4O4S. The lowest BCUT2D eigenvalue weighted by molar-refractivity contribution is -0.143. The van der Waals surface area contributed by atoms with Crippen LogP contribution in [0.4, 0.5) is 5.13 Å². The molecule has 2 N–H and O–H groups in total. The summed E-state index contributed by atoms with van der Waals surface area (Å²) >= 11 is 1.35. The lowest BCUT2D eigenvalue weighted by Crippen LogP contribution is -2.48. The maximum atomic E-state index is 13.6. The minimum atomic E-state index is -0.766. The molecule has 0 unspecified atom stereocenters. The lowest BCUT2D eigenvalue weighted by atomic mass is 10.0. The van der Waals surface area contributed by atoms with Crippen LogP contribution in [0, 0.1) is 6.92 Å². The molecule has 0 radical (unpaired) electrons. The van der Waals surface area contributed by atoms with Gasteiger partial charge in [0.15, 0.2) is 5.13 Å². The molecule has 1 aliphatic heterocycles. The number of nitrogens with one attached hydrogen (secondary N) is 2. The summed E-state index contributed by atoms with van der Waals surface area (Å²) in [4.78, 5) is 45.5. The van der Waals surface area contributed by atoms with E-state index in [4.69, 9.17) is 4.74 Å². The van der Waals surface area contributed by atoms with Gasteiger partial charge in [-0.1, -0.05) is 43.2 Å². The minimum Gasteiger partial charge on any atom is -0.376 e. The molecule has 188 valence electrons. The van der Waals surface area contributed by atoms with Gasteiger partial charge in [0.2, 0.25) is 17.7 Å². The molecule has 0 spiro atoms. The molecule has 2 atom stereocenters. The highest BCUT2D eigenvalue weighted by molar-refractivity contribution is 7.13. The number of carbonyl (C=O) groups is 3. The van der Waals surface area contributed by atoms with E-state index in [0.717, 1.165) is 49.8 Å². The van der Waals surface area contributed by atoms with Gasteiger partial charge >= 0.3 is 0 Å². The number of hydrogen-bond donors (Lipinski definition) is 2. The summed E-state index contributed by atoms with van der Waals surface area (Å²) in [6.45, 7) is 2.84. The summed E-state index contributed by atoms with van der Waals surface area (Å²) in [5, 5.41) is 8.31. The van der Waals surface area contributed by atoms with Crippen molar-refractivity contribution in [2.75, 3.05) is 18.5 Å². The van der Waals surface area contributed by atoms with E-state index in [1.165, 1.54) is 11.3 Å². The van der Waals surface area contributed by atoms with Gasteiger partial charge in [0.05, 0.1) is 11.8 Å². The van der Waals surface area contributed by atoms with Gasteiger partial charge in [0.25, 0.3) is 0 Å². The summed E-state index contributed by atoms with van der Waals surface area (Å²) in [5.74, 6) is -0.671. The fourth-order valence-corrected chi connectivity index (χ4v) is 5.48. The molecule has 4 rings (SSSR count). The van der Waals surface area contributed by atoms with Crippen LogP contribution >= 0.6 is 11.3 Å². The van der Waals surface area contributed by atoms with Crippen LogP contribution in [0.1, 0.15) is 68.7 Å². The normalized spacial score (nSPS) is 18.8. The Balaban J connectivity index is 1.50. The number of thiazole rings is 1. The fourth-order valence-electron chi connectivity index (χ4n) is 4.77. The first-order valence-electron chi connectivity index (χ1n) is 12.5. The largest absolute Gasteiger partial charge is 0.376 e. The number of rotatable bonds is 10.